The van der Waals surface area contributed by atoms with Crippen molar-refractivity contribution in [1.82, 2.24) is 10.2 Å². The maximum absolute atomic E-state index is 12.5. The van der Waals surface area contributed by atoms with Crippen LogP contribution in [0.5, 0.6) is 0 Å². The third-order valence-electron chi connectivity index (χ3n) is 3.48. The Morgan fingerprint density at radius 2 is 1.76 bits per heavy atom. The zero-order valence-corrected chi connectivity index (χ0v) is 14.1. The molecule has 0 aliphatic heterocycles. The zero-order valence-electron chi connectivity index (χ0n) is 14.1. The lowest BCUT2D eigenvalue weighted by Crippen LogP contribution is -2.55. The number of methoxy groups -OCH3 is 1. The monoisotopic (exact) mass is 292 g/mol. The Kier molecular flexibility index (Phi) is 5.93. The van der Waals surface area contributed by atoms with Crippen LogP contribution in [0.3, 0.4) is 0 Å². The predicted molar refractivity (Wildman–Crippen MR) is 86.1 cm³/mol. The van der Waals surface area contributed by atoms with E-state index < -0.39 is 5.54 Å². The molecule has 1 atom stereocenters. The van der Waals surface area contributed by atoms with E-state index in [9.17, 15) is 4.79 Å². The number of benzene rings is 1. The highest BCUT2D eigenvalue weighted by molar-refractivity contribution is 5.83. The van der Waals surface area contributed by atoms with E-state index in [0.717, 1.165) is 12.1 Å². The van der Waals surface area contributed by atoms with Crippen molar-refractivity contribution in [3.63, 3.8) is 0 Å². The lowest BCUT2D eigenvalue weighted by atomic mass is 9.88. The topological polar surface area (TPSA) is 41.6 Å². The van der Waals surface area contributed by atoms with Crippen molar-refractivity contribution in [2.45, 2.75) is 26.3 Å². The molecule has 0 radical (unpaired) electrons. The summed E-state index contributed by atoms with van der Waals surface area (Å²) < 4.78 is 5.06. The molecule has 0 spiro atoms. The Labute approximate surface area is 128 Å². The third kappa shape index (κ3) is 4.55. The summed E-state index contributed by atoms with van der Waals surface area (Å²) in [5.74, 6) is -0.267. The highest BCUT2D eigenvalue weighted by Gasteiger charge is 2.41. The molecule has 1 N–H and O–H groups in total. The Bertz CT molecular complexity index is 454. The molecule has 118 valence electrons. The van der Waals surface area contributed by atoms with E-state index in [2.05, 4.69) is 31.0 Å². The molecule has 21 heavy (non-hydrogen) atoms. The molecule has 1 aromatic carbocycles. The average molecular weight is 292 g/mol. The van der Waals surface area contributed by atoms with Crippen molar-refractivity contribution in [3.05, 3.63) is 35.9 Å². The molecule has 0 aliphatic carbocycles. The molecule has 0 saturated heterocycles. The van der Waals surface area contributed by atoms with Gasteiger partial charge in [0, 0.05) is 13.1 Å². The molecule has 4 heteroatoms. The summed E-state index contributed by atoms with van der Waals surface area (Å²) in [6, 6.07) is 9.74. The van der Waals surface area contributed by atoms with Crippen LogP contribution in [0.15, 0.2) is 30.3 Å². The van der Waals surface area contributed by atoms with Gasteiger partial charge in [-0.1, -0.05) is 51.1 Å². The largest absolute Gasteiger partial charge is 0.467 e. The highest BCUT2D eigenvalue weighted by atomic mass is 16.5. The summed E-state index contributed by atoms with van der Waals surface area (Å²) in [4.78, 5) is 14.6. The van der Waals surface area contributed by atoms with Crippen LogP contribution < -0.4 is 5.32 Å². The van der Waals surface area contributed by atoms with Gasteiger partial charge in [-0.2, -0.15) is 0 Å². The van der Waals surface area contributed by atoms with Crippen molar-refractivity contribution in [3.8, 4) is 0 Å². The number of carbonyl (C=O) groups is 1. The van der Waals surface area contributed by atoms with E-state index in [1.165, 1.54) is 7.11 Å². The van der Waals surface area contributed by atoms with Gasteiger partial charge in [0.2, 0.25) is 0 Å². The van der Waals surface area contributed by atoms with Crippen molar-refractivity contribution in [2.24, 2.45) is 5.41 Å². The average Bonchev–Trinajstić information content (AvgIpc) is 2.43. The van der Waals surface area contributed by atoms with Crippen LogP contribution in [0.4, 0.5) is 0 Å². The van der Waals surface area contributed by atoms with Gasteiger partial charge in [-0.15, -0.1) is 0 Å². The standard InChI is InChI=1S/C17H28N2O2/c1-16(2,3)12-19(5)13-17(18-4,15(20)21-6)14-10-8-7-9-11-14/h7-11,18H,12-13H2,1-6H3. The molecule has 0 aliphatic rings. The molecular formula is C17H28N2O2. The summed E-state index contributed by atoms with van der Waals surface area (Å²) in [5.41, 5.74) is 0.233. The minimum Gasteiger partial charge on any atom is -0.467 e. The Balaban J connectivity index is 3.11. The van der Waals surface area contributed by atoms with Crippen LogP contribution in [0, 0.1) is 5.41 Å². The van der Waals surface area contributed by atoms with Crippen LogP contribution in [0.2, 0.25) is 0 Å². The number of nitrogens with zero attached hydrogens (tertiary/aromatic N) is 1. The quantitative estimate of drug-likeness (QED) is 0.817. The van der Waals surface area contributed by atoms with Gasteiger partial charge < -0.3 is 15.0 Å². The van der Waals surface area contributed by atoms with E-state index in [-0.39, 0.29) is 11.4 Å². The predicted octanol–water partition coefficient (Wildman–Crippen LogP) is 2.25. The lowest BCUT2D eigenvalue weighted by Gasteiger charge is -2.37. The van der Waals surface area contributed by atoms with Crippen LogP contribution >= 0.6 is 0 Å². The number of nitrogens with one attached hydrogen (secondary N) is 1. The van der Waals surface area contributed by atoms with Crippen molar-refractivity contribution < 1.29 is 9.53 Å². The number of likely N-dealkylation sites (N-methyl/N-ethyl adjacent to an activating group) is 2. The summed E-state index contributed by atoms with van der Waals surface area (Å²) >= 11 is 0. The second-order valence-corrected chi connectivity index (χ2v) is 6.75. The van der Waals surface area contributed by atoms with Gasteiger partial charge in [-0.25, -0.2) is 4.79 Å². The van der Waals surface area contributed by atoms with Gasteiger partial charge >= 0.3 is 5.97 Å². The first-order valence-electron chi connectivity index (χ1n) is 7.26. The second kappa shape index (κ2) is 7.05. The summed E-state index contributed by atoms with van der Waals surface area (Å²) in [6.45, 7) is 8.00. The molecule has 0 aromatic heterocycles. The first kappa shape index (κ1) is 17.7. The van der Waals surface area contributed by atoms with Crippen LogP contribution in [0.25, 0.3) is 0 Å². The first-order valence-corrected chi connectivity index (χ1v) is 7.26. The number of hydrogen-bond donors (Lipinski definition) is 1. The Morgan fingerprint density at radius 3 is 2.19 bits per heavy atom. The van der Waals surface area contributed by atoms with E-state index >= 15 is 0 Å². The first-order chi connectivity index (χ1) is 9.75. The van der Waals surface area contributed by atoms with Gasteiger partial charge in [-0.05, 0) is 25.1 Å². The maximum atomic E-state index is 12.5. The lowest BCUT2D eigenvalue weighted by molar-refractivity contribution is -0.150. The Hall–Kier alpha value is -1.39. The number of carbonyl (C=O) groups excluding carboxylic acids is 1. The van der Waals surface area contributed by atoms with Gasteiger partial charge in [0.25, 0.3) is 0 Å². The molecular weight excluding hydrogens is 264 g/mol. The molecule has 1 rings (SSSR count). The highest BCUT2D eigenvalue weighted by Crippen LogP contribution is 2.25. The van der Waals surface area contributed by atoms with E-state index in [0.29, 0.717) is 6.54 Å². The molecule has 1 unspecified atom stereocenters. The summed E-state index contributed by atoms with van der Waals surface area (Å²) in [6.07, 6.45) is 0. The number of hydrogen-bond acceptors (Lipinski definition) is 4. The minimum atomic E-state index is -0.851. The van der Waals surface area contributed by atoms with E-state index in [1.807, 2.05) is 37.4 Å². The summed E-state index contributed by atoms with van der Waals surface area (Å²) in [7, 11) is 5.26. The maximum Gasteiger partial charge on any atom is 0.332 e. The molecule has 0 fully saturated rings. The normalized spacial score (nSPS) is 14.8. The summed E-state index contributed by atoms with van der Waals surface area (Å²) in [5, 5.41) is 3.18. The molecule has 1 aromatic rings. The smallest absolute Gasteiger partial charge is 0.332 e. The van der Waals surface area contributed by atoms with Crippen LogP contribution in [-0.4, -0.2) is 45.2 Å². The number of esters is 1. The fraction of sp³-hybridized carbons (Fsp3) is 0.588. The van der Waals surface area contributed by atoms with Crippen molar-refractivity contribution >= 4 is 5.97 Å². The number of rotatable bonds is 6. The molecule has 4 nitrogen and oxygen atoms in total. The van der Waals surface area contributed by atoms with E-state index in [1.54, 1.807) is 7.05 Å². The molecule has 0 amide bonds. The van der Waals surface area contributed by atoms with Crippen molar-refractivity contribution in [1.29, 1.82) is 0 Å². The minimum absolute atomic E-state index is 0.168. The van der Waals surface area contributed by atoms with Gasteiger partial charge in [0.05, 0.1) is 7.11 Å². The second-order valence-electron chi connectivity index (χ2n) is 6.75. The zero-order chi connectivity index (χ0) is 16.1. The van der Waals surface area contributed by atoms with Gasteiger partial charge in [-0.3, -0.25) is 0 Å². The van der Waals surface area contributed by atoms with Crippen LogP contribution in [0.1, 0.15) is 26.3 Å². The molecule has 0 heterocycles. The Morgan fingerprint density at radius 1 is 1.19 bits per heavy atom. The molecule has 0 saturated carbocycles. The fourth-order valence-electron chi connectivity index (χ4n) is 2.77. The van der Waals surface area contributed by atoms with Gasteiger partial charge in [0.1, 0.15) is 0 Å². The van der Waals surface area contributed by atoms with Crippen LogP contribution in [-0.2, 0) is 15.1 Å². The van der Waals surface area contributed by atoms with Gasteiger partial charge in [0.15, 0.2) is 5.54 Å². The van der Waals surface area contributed by atoms with Crippen molar-refractivity contribution in [2.75, 3.05) is 34.3 Å². The fourth-order valence-corrected chi connectivity index (χ4v) is 2.77. The number of ether oxygens (including phenoxy) is 1. The molecule has 0 bridgehead atoms. The third-order valence-corrected chi connectivity index (χ3v) is 3.48. The SMILES string of the molecule is CNC(CN(C)CC(C)(C)C)(C(=O)OC)c1ccccc1. The van der Waals surface area contributed by atoms with E-state index in [4.69, 9.17) is 4.74 Å².